The lowest BCUT2D eigenvalue weighted by Gasteiger charge is -2.40. The Balaban J connectivity index is 1.95. The second-order valence-electron chi connectivity index (χ2n) is 6.59. The van der Waals surface area contributed by atoms with E-state index >= 15 is 0 Å². The van der Waals surface area contributed by atoms with Gasteiger partial charge in [-0.05, 0) is 25.0 Å². The zero-order chi connectivity index (χ0) is 19.5. The molecule has 0 spiro atoms. The summed E-state index contributed by atoms with van der Waals surface area (Å²) >= 11 is 0. The van der Waals surface area contributed by atoms with Gasteiger partial charge in [-0.2, -0.15) is 13.2 Å². The first-order chi connectivity index (χ1) is 12.9. The summed E-state index contributed by atoms with van der Waals surface area (Å²) in [5.74, 6) is -1.17. The number of rotatable bonds is 4. The van der Waals surface area contributed by atoms with E-state index in [1.54, 1.807) is 18.3 Å². The smallest absolute Gasteiger partial charge is 0.356 e. The fourth-order valence-electron chi connectivity index (χ4n) is 3.65. The second-order valence-corrected chi connectivity index (χ2v) is 6.59. The zero-order valence-corrected chi connectivity index (χ0v) is 14.9. The third-order valence-corrected chi connectivity index (χ3v) is 5.00. The van der Waals surface area contributed by atoms with Crippen molar-refractivity contribution in [2.45, 2.75) is 30.5 Å². The van der Waals surface area contributed by atoms with E-state index in [0.29, 0.717) is 6.42 Å². The van der Waals surface area contributed by atoms with Crippen molar-refractivity contribution in [2.24, 2.45) is 0 Å². The van der Waals surface area contributed by atoms with Crippen molar-refractivity contribution in [3.8, 4) is 0 Å². The summed E-state index contributed by atoms with van der Waals surface area (Å²) in [5.41, 5.74) is -2.45. The van der Waals surface area contributed by atoms with Crippen molar-refractivity contribution in [1.82, 2.24) is 9.88 Å². The van der Waals surface area contributed by atoms with Crippen LogP contribution in [0.3, 0.4) is 0 Å². The lowest BCUT2D eigenvalue weighted by atomic mass is 9.88. The SMILES string of the molecule is CO[C@](C(=O)N1CCC[C@@H](c2ccccn2)C1)(c1ccccc1)C(F)(F)F. The molecule has 1 aliphatic rings. The maximum Gasteiger partial charge on any atom is 0.430 e. The normalized spacial score (nSPS) is 20.1. The average Bonchev–Trinajstić information content (AvgIpc) is 2.69. The lowest BCUT2D eigenvalue weighted by molar-refractivity contribution is -0.270. The predicted molar refractivity (Wildman–Crippen MR) is 94.0 cm³/mol. The topological polar surface area (TPSA) is 42.4 Å². The number of ether oxygens (including phenoxy) is 1. The highest BCUT2D eigenvalue weighted by Gasteiger charge is 2.63. The Morgan fingerprint density at radius 2 is 1.85 bits per heavy atom. The summed E-state index contributed by atoms with van der Waals surface area (Å²) in [6.07, 6.45) is -1.86. The minimum Gasteiger partial charge on any atom is -0.356 e. The largest absolute Gasteiger partial charge is 0.430 e. The summed E-state index contributed by atoms with van der Waals surface area (Å²) in [6.45, 7) is 0.445. The van der Waals surface area contributed by atoms with Crippen molar-refractivity contribution < 1.29 is 22.7 Å². The number of halogens is 3. The summed E-state index contributed by atoms with van der Waals surface area (Å²) in [6, 6.07) is 12.5. The molecule has 4 nitrogen and oxygen atoms in total. The van der Waals surface area contributed by atoms with Gasteiger partial charge >= 0.3 is 6.18 Å². The standard InChI is InChI=1S/C20H21F3N2O2/c1-27-19(20(21,22)23,16-9-3-2-4-10-16)18(26)25-13-7-8-15(14-25)17-11-5-6-12-24-17/h2-6,9-12,15H,7-8,13-14H2,1H3/t15-,19+/m1/s1. The van der Waals surface area contributed by atoms with E-state index in [1.165, 1.54) is 29.2 Å². The first-order valence-electron chi connectivity index (χ1n) is 8.78. The zero-order valence-electron chi connectivity index (χ0n) is 14.9. The van der Waals surface area contributed by atoms with E-state index in [9.17, 15) is 18.0 Å². The number of methoxy groups -OCH3 is 1. The lowest BCUT2D eigenvalue weighted by Crippen LogP contribution is -2.58. The van der Waals surface area contributed by atoms with Crippen molar-refractivity contribution in [1.29, 1.82) is 0 Å². The van der Waals surface area contributed by atoms with Crippen LogP contribution >= 0.6 is 0 Å². The molecule has 1 amide bonds. The molecule has 1 aliphatic heterocycles. The Morgan fingerprint density at radius 3 is 2.44 bits per heavy atom. The van der Waals surface area contributed by atoms with E-state index in [0.717, 1.165) is 19.2 Å². The maximum absolute atomic E-state index is 14.1. The van der Waals surface area contributed by atoms with Crippen LogP contribution in [-0.2, 0) is 15.1 Å². The van der Waals surface area contributed by atoms with Gasteiger partial charge in [-0.1, -0.05) is 36.4 Å². The highest BCUT2D eigenvalue weighted by Crippen LogP contribution is 2.44. The van der Waals surface area contributed by atoms with Crippen molar-refractivity contribution in [3.05, 3.63) is 66.0 Å². The Bertz CT molecular complexity index is 768. The molecule has 0 radical (unpaired) electrons. The van der Waals surface area contributed by atoms with Gasteiger partial charge in [0.05, 0.1) is 0 Å². The molecular weight excluding hydrogens is 357 g/mol. The van der Waals surface area contributed by atoms with Crippen LogP contribution in [0.2, 0.25) is 0 Å². The minimum absolute atomic E-state index is 0.0949. The molecule has 1 saturated heterocycles. The van der Waals surface area contributed by atoms with Gasteiger partial charge in [0, 0.05) is 43.6 Å². The number of likely N-dealkylation sites (tertiary alicyclic amines) is 1. The van der Waals surface area contributed by atoms with Crippen LogP contribution in [0.4, 0.5) is 13.2 Å². The molecule has 27 heavy (non-hydrogen) atoms. The molecule has 0 bridgehead atoms. The Hall–Kier alpha value is -2.41. The number of aromatic nitrogens is 1. The van der Waals surface area contributed by atoms with Gasteiger partial charge in [-0.15, -0.1) is 0 Å². The number of benzene rings is 1. The first kappa shape index (κ1) is 19.4. The molecule has 2 atom stereocenters. The fourth-order valence-corrected chi connectivity index (χ4v) is 3.65. The first-order valence-corrected chi connectivity index (χ1v) is 8.78. The molecule has 0 unspecified atom stereocenters. The fraction of sp³-hybridized carbons (Fsp3) is 0.400. The maximum atomic E-state index is 14.1. The number of hydrogen-bond donors (Lipinski definition) is 0. The quantitative estimate of drug-likeness (QED) is 0.811. The molecular formula is C20H21F3N2O2. The molecule has 3 rings (SSSR count). The van der Waals surface area contributed by atoms with Crippen LogP contribution in [0.5, 0.6) is 0 Å². The number of carbonyl (C=O) groups is 1. The Kier molecular flexibility index (Phi) is 5.51. The number of amides is 1. The summed E-state index contributed by atoms with van der Waals surface area (Å²) in [7, 11) is 0.929. The number of alkyl halides is 3. The third-order valence-electron chi connectivity index (χ3n) is 5.00. The Labute approximate surface area is 156 Å². The molecule has 0 N–H and O–H groups in total. The van der Waals surface area contributed by atoms with Crippen molar-refractivity contribution in [3.63, 3.8) is 0 Å². The Morgan fingerprint density at radius 1 is 1.15 bits per heavy atom. The molecule has 2 aromatic rings. The van der Waals surface area contributed by atoms with E-state index in [2.05, 4.69) is 4.98 Å². The van der Waals surface area contributed by atoms with Crippen LogP contribution in [-0.4, -0.2) is 42.2 Å². The highest BCUT2D eigenvalue weighted by atomic mass is 19.4. The van der Waals surface area contributed by atoms with E-state index in [4.69, 9.17) is 4.74 Å². The molecule has 1 aromatic carbocycles. The summed E-state index contributed by atoms with van der Waals surface area (Å²) < 4.78 is 47.2. The van der Waals surface area contributed by atoms with E-state index in [1.807, 2.05) is 12.1 Å². The third kappa shape index (κ3) is 3.56. The van der Waals surface area contributed by atoms with Crippen LogP contribution in [0.25, 0.3) is 0 Å². The number of piperidine rings is 1. The monoisotopic (exact) mass is 378 g/mol. The van der Waals surface area contributed by atoms with Crippen LogP contribution in [0, 0.1) is 0 Å². The second kappa shape index (κ2) is 7.68. The van der Waals surface area contributed by atoms with E-state index < -0.39 is 17.7 Å². The van der Waals surface area contributed by atoms with Gasteiger partial charge in [0.1, 0.15) is 0 Å². The minimum atomic E-state index is -4.89. The number of nitrogens with zero attached hydrogens (tertiary/aromatic N) is 2. The number of carbonyl (C=O) groups excluding carboxylic acids is 1. The molecule has 0 aliphatic carbocycles. The van der Waals surface area contributed by atoms with E-state index in [-0.39, 0.29) is 24.6 Å². The van der Waals surface area contributed by atoms with Crippen LogP contribution in [0.15, 0.2) is 54.7 Å². The van der Waals surface area contributed by atoms with Crippen LogP contribution < -0.4 is 0 Å². The highest BCUT2D eigenvalue weighted by molar-refractivity contribution is 5.88. The number of pyridine rings is 1. The molecule has 1 aromatic heterocycles. The van der Waals surface area contributed by atoms with Gasteiger partial charge in [-0.25, -0.2) is 0 Å². The van der Waals surface area contributed by atoms with Crippen molar-refractivity contribution >= 4 is 5.91 Å². The molecule has 2 heterocycles. The summed E-state index contributed by atoms with van der Waals surface area (Å²) in [5, 5.41) is 0. The van der Waals surface area contributed by atoms with Gasteiger partial charge < -0.3 is 9.64 Å². The summed E-state index contributed by atoms with van der Waals surface area (Å²) in [4.78, 5) is 18.7. The molecule has 1 fully saturated rings. The van der Waals surface area contributed by atoms with Gasteiger partial charge in [-0.3, -0.25) is 9.78 Å². The van der Waals surface area contributed by atoms with Crippen LogP contribution in [0.1, 0.15) is 30.0 Å². The molecule has 144 valence electrons. The number of hydrogen-bond acceptors (Lipinski definition) is 3. The molecule has 0 saturated carbocycles. The van der Waals surface area contributed by atoms with Gasteiger partial charge in [0.15, 0.2) is 0 Å². The van der Waals surface area contributed by atoms with Gasteiger partial charge in [0.2, 0.25) is 0 Å². The molecule has 7 heteroatoms. The van der Waals surface area contributed by atoms with Crippen molar-refractivity contribution in [2.75, 3.05) is 20.2 Å². The van der Waals surface area contributed by atoms with Gasteiger partial charge in [0.25, 0.3) is 11.5 Å². The average molecular weight is 378 g/mol. The predicted octanol–water partition coefficient (Wildman–Crippen LogP) is 3.89.